The lowest BCUT2D eigenvalue weighted by Gasteiger charge is -2.16. The zero-order valence-corrected chi connectivity index (χ0v) is 17.2. The molecule has 0 aromatic heterocycles. The van der Waals surface area contributed by atoms with E-state index >= 15 is 4.39 Å². The summed E-state index contributed by atoms with van der Waals surface area (Å²) in [5, 5.41) is 0. The van der Waals surface area contributed by atoms with Gasteiger partial charge in [-0.25, -0.2) is 23.6 Å². The number of hydrogen-bond donors (Lipinski definition) is 0. The summed E-state index contributed by atoms with van der Waals surface area (Å²) in [5.41, 5.74) is -0.383. The molecule has 8 nitrogen and oxygen atoms in total. The van der Waals surface area contributed by atoms with Gasteiger partial charge in [0.2, 0.25) is 0 Å². The lowest BCUT2D eigenvalue weighted by molar-refractivity contribution is -0.130. The first-order valence-electron chi connectivity index (χ1n) is 9.07. The van der Waals surface area contributed by atoms with Gasteiger partial charge in [0.25, 0.3) is 0 Å². The Kier molecular flexibility index (Phi) is 8.16. The van der Waals surface area contributed by atoms with Crippen LogP contribution < -0.4 is 18.9 Å². The number of hydrogen-bond acceptors (Lipinski definition) is 8. The van der Waals surface area contributed by atoms with E-state index in [-0.39, 0.29) is 34.1 Å². The zero-order chi connectivity index (χ0) is 24.5. The van der Waals surface area contributed by atoms with Crippen LogP contribution in [0.3, 0.4) is 0 Å². The molecule has 0 heterocycles. The van der Waals surface area contributed by atoms with E-state index in [1.54, 1.807) is 0 Å². The predicted octanol–water partition coefficient (Wildman–Crippen LogP) is 3.86. The summed E-state index contributed by atoms with van der Waals surface area (Å²) >= 11 is 0. The van der Waals surface area contributed by atoms with Crippen LogP contribution in [0.2, 0.25) is 0 Å². The van der Waals surface area contributed by atoms with Gasteiger partial charge in [0.1, 0.15) is 28.8 Å². The minimum absolute atomic E-state index is 0.0444. The second-order valence-corrected chi connectivity index (χ2v) is 5.94. The Morgan fingerprint density at radius 2 is 1.09 bits per heavy atom. The number of halogens is 1. The number of carbonyl (C=O) groups is 4. The molecule has 0 aliphatic rings. The Morgan fingerprint density at radius 1 is 0.636 bits per heavy atom. The zero-order valence-electron chi connectivity index (χ0n) is 17.2. The van der Waals surface area contributed by atoms with Gasteiger partial charge in [-0.1, -0.05) is 26.3 Å². The molecule has 0 fully saturated rings. The standard InChI is InChI=1S/C24H17FO8/c1-5-20(26)30-14-9-10-16(18(12-14)32-22(28)7-3)24-17(25)11-15(31-21(27)6-2)13-19(24)33-23(29)8-4/h5-13H,1-4H2. The van der Waals surface area contributed by atoms with Gasteiger partial charge >= 0.3 is 23.9 Å². The molecule has 9 heteroatoms. The average Bonchev–Trinajstić information content (AvgIpc) is 2.79. The highest BCUT2D eigenvalue weighted by Crippen LogP contribution is 2.42. The molecular weight excluding hydrogens is 435 g/mol. The van der Waals surface area contributed by atoms with Crippen molar-refractivity contribution in [2.45, 2.75) is 0 Å². The van der Waals surface area contributed by atoms with Crippen molar-refractivity contribution in [1.29, 1.82) is 0 Å². The van der Waals surface area contributed by atoms with Crippen molar-refractivity contribution < 1.29 is 42.5 Å². The third-order valence-electron chi connectivity index (χ3n) is 3.77. The molecule has 0 spiro atoms. The average molecular weight is 452 g/mol. The van der Waals surface area contributed by atoms with Crippen LogP contribution in [0.4, 0.5) is 4.39 Å². The maximum absolute atomic E-state index is 15.2. The highest BCUT2D eigenvalue weighted by molar-refractivity contribution is 5.90. The summed E-state index contributed by atoms with van der Waals surface area (Å²) in [4.78, 5) is 46.7. The number of ether oxygens (including phenoxy) is 4. The predicted molar refractivity (Wildman–Crippen MR) is 115 cm³/mol. The van der Waals surface area contributed by atoms with Gasteiger partial charge in [-0.2, -0.15) is 0 Å². The number of esters is 4. The van der Waals surface area contributed by atoms with Crippen LogP contribution in [0.5, 0.6) is 23.0 Å². The molecule has 0 aliphatic carbocycles. The Hall–Kier alpha value is -4.79. The highest BCUT2D eigenvalue weighted by atomic mass is 19.1. The van der Waals surface area contributed by atoms with E-state index in [0.717, 1.165) is 42.5 Å². The summed E-state index contributed by atoms with van der Waals surface area (Å²) in [5.74, 6) is -5.46. The molecule has 0 amide bonds. The number of benzene rings is 2. The summed E-state index contributed by atoms with van der Waals surface area (Å²) < 4.78 is 35.3. The van der Waals surface area contributed by atoms with E-state index in [1.807, 2.05) is 0 Å². The van der Waals surface area contributed by atoms with Gasteiger partial charge in [0.15, 0.2) is 0 Å². The second kappa shape index (κ2) is 11.0. The van der Waals surface area contributed by atoms with Crippen molar-refractivity contribution in [3.05, 3.63) is 86.8 Å². The third-order valence-corrected chi connectivity index (χ3v) is 3.77. The Labute approximate surface area is 187 Å². The summed E-state index contributed by atoms with van der Waals surface area (Å²) in [6, 6.07) is 5.61. The van der Waals surface area contributed by atoms with Gasteiger partial charge in [-0.05, 0) is 12.1 Å². The van der Waals surface area contributed by atoms with Crippen molar-refractivity contribution in [3.8, 4) is 34.1 Å². The van der Waals surface area contributed by atoms with Crippen LogP contribution in [0, 0.1) is 5.82 Å². The molecule has 0 unspecified atom stereocenters. The molecule has 0 radical (unpaired) electrons. The molecular formula is C24H17FO8. The fraction of sp³-hybridized carbons (Fsp3) is 0. The fourth-order valence-corrected chi connectivity index (χ4v) is 2.43. The SMILES string of the molecule is C=CC(=O)Oc1ccc(-c2c(F)cc(OC(=O)C=C)cc2OC(=O)C=C)c(OC(=O)C=C)c1. The first-order valence-corrected chi connectivity index (χ1v) is 9.07. The molecule has 0 bridgehead atoms. The second-order valence-electron chi connectivity index (χ2n) is 5.94. The van der Waals surface area contributed by atoms with Crippen molar-refractivity contribution >= 4 is 23.9 Å². The molecule has 0 saturated carbocycles. The minimum Gasteiger partial charge on any atom is -0.423 e. The van der Waals surface area contributed by atoms with Crippen molar-refractivity contribution in [3.63, 3.8) is 0 Å². The van der Waals surface area contributed by atoms with Crippen molar-refractivity contribution in [1.82, 2.24) is 0 Å². The topological polar surface area (TPSA) is 105 Å². The van der Waals surface area contributed by atoms with E-state index in [0.29, 0.717) is 0 Å². The molecule has 2 aromatic carbocycles. The largest absolute Gasteiger partial charge is 0.423 e. The van der Waals surface area contributed by atoms with E-state index < -0.39 is 29.7 Å². The quantitative estimate of drug-likeness (QED) is 0.321. The summed E-state index contributed by atoms with van der Waals surface area (Å²) in [6.07, 6.45) is 3.47. The van der Waals surface area contributed by atoms with Crippen LogP contribution in [0.25, 0.3) is 11.1 Å². The van der Waals surface area contributed by atoms with Gasteiger partial charge in [-0.15, -0.1) is 0 Å². The van der Waals surface area contributed by atoms with Crippen molar-refractivity contribution in [2.75, 3.05) is 0 Å². The molecule has 168 valence electrons. The Morgan fingerprint density at radius 3 is 1.64 bits per heavy atom. The Bertz CT molecular complexity index is 1180. The lowest BCUT2D eigenvalue weighted by Crippen LogP contribution is -2.09. The molecule has 33 heavy (non-hydrogen) atoms. The van der Waals surface area contributed by atoms with Crippen LogP contribution in [0.1, 0.15) is 0 Å². The van der Waals surface area contributed by atoms with Gasteiger partial charge < -0.3 is 18.9 Å². The summed E-state index contributed by atoms with van der Waals surface area (Å²) in [7, 11) is 0. The van der Waals surface area contributed by atoms with E-state index in [1.165, 1.54) is 12.1 Å². The molecule has 2 rings (SSSR count). The normalized spacial score (nSPS) is 9.73. The first kappa shape index (κ1) is 24.5. The molecule has 0 aliphatic heterocycles. The fourth-order valence-electron chi connectivity index (χ4n) is 2.43. The molecule has 0 N–H and O–H groups in total. The first-order chi connectivity index (χ1) is 15.7. The van der Waals surface area contributed by atoms with Crippen LogP contribution in [-0.4, -0.2) is 23.9 Å². The van der Waals surface area contributed by atoms with E-state index in [2.05, 4.69) is 26.3 Å². The maximum Gasteiger partial charge on any atom is 0.335 e. The maximum atomic E-state index is 15.2. The van der Waals surface area contributed by atoms with Crippen LogP contribution >= 0.6 is 0 Å². The number of rotatable bonds is 9. The highest BCUT2D eigenvalue weighted by Gasteiger charge is 2.23. The summed E-state index contributed by atoms with van der Waals surface area (Å²) in [6.45, 7) is 13.1. The van der Waals surface area contributed by atoms with E-state index in [9.17, 15) is 19.2 Å². The van der Waals surface area contributed by atoms with Gasteiger partial charge in [-0.3, -0.25) is 0 Å². The Balaban J connectivity index is 2.72. The molecule has 0 saturated heterocycles. The molecule has 0 atom stereocenters. The third kappa shape index (κ3) is 6.34. The molecule has 2 aromatic rings. The minimum atomic E-state index is -0.997. The van der Waals surface area contributed by atoms with Crippen LogP contribution in [-0.2, 0) is 19.2 Å². The van der Waals surface area contributed by atoms with Crippen molar-refractivity contribution in [2.24, 2.45) is 0 Å². The van der Waals surface area contributed by atoms with Gasteiger partial charge in [0, 0.05) is 48.1 Å². The van der Waals surface area contributed by atoms with Gasteiger partial charge in [0.05, 0.1) is 5.56 Å². The van der Waals surface area contributed by atoms with Crippen LogP contribution in [0.15, 0.2) is 81.0 Å². The van der Waals surface area contributed by atoms with E-state index in [4.69, 9.17) is 18.9 Å². The number of carbonyl (C=O) groups excluding carboxylic acids is 4. The lowest BCUT2D eigenvalue weighted by atomic mass is 10.0. The monoisotopic (exact) mass is 452 g/mol. The smallest absolute Gasteiger partial charge is 0.335 e.